The van der Waals surface area contributed by atoms with E-state index in [9.17, 15) is 9.90 Å². The van der Waals surface area contributed by atoms with Crippen molar-refractivity contribution in [3.05, 3.63) is 52.3 Å². The molecule has 1 atom stereocenters. The first-order chi connectivity index (χ1) is 9.83. The second-order valence-corrected chi connectivity index (χ2v) is 5.56. The second-order valence-electron chi connectivity index (χ2n) is 5.20. The Morgan fingerprint density at radius 3 is 2.57 bits per heavy atom. The highest BCUT2D eigenvalue weighted by molar-refractivity contribution is 6.33. The Bertz CT molecular complexity index is 650. The molecule has 5 nitrogen and oxygen atoms in total. The second kappa shape index (κ2) is 5.87. The molecule has 1 aromatic carbocycles. The zero-order valence-electron chi connectivity index (χ0n) is 12.2. The summed E-state index contributed by atoms with van der Waals surface area (Å²) in [6.45, 7) is 3.46. The predicted octanol–water partition coefficient (Wildman–Crippen LogP) is 2.02. The lowest BCUT2D eigenvalue weighted by atomic mass is 9.96. The molecule has 0 bridgehead atoms. The molecular weight excluding hydrogens is 290 g/mol. The lowest BCUT2D eigenvalue weighted by Crippen LogP contribution is -2.38. The van der Waals surface area contributed by atoms with Gasteiger partial charge in [-0.05, 0) is 19.4 Å². The summed E-state index contributed by atoms with van der Waals surface area (Å²) < 4.78 is 1.45. The number of aliphatic hydroxyl groups is 1. The average Bonchev–Trinajstić information content (AvgIpc) is 2.71. The maximum Gasteiger partial charge on any atom is 0.256 e. The Kier molecular flexibility index (Phi) is 4.34. The summed E-state index contributed by atoms with van der Waals surface area (Å²) in [7, 11) is 1.67. The fourth-order valence-electron chi connectivity index (χ4n) is 2.13. The summed E-state index contributed by atoms with van der Waals surface area (Å²) >= 11 is 6.05. The molecule has 1 heterocycles. The Morgan fingerprint density at radius 2 is 2.05 bits per heavy atom. The van der Waals surface area contributed by atoms with Gasteiger partial charge in [0.25, 0.3) is 5.91 Å². The third-order valence-corrected chi connectivity index (χ3v) is 3.80. The van der Waals surface area contributed by atoms with Crippen LogP contribution in [0.5, 0.6) is 0 Å². The van der Waals surface area contributed by atoms with E-state index >= 15 is 0 Å². The zero-order chi connectivity index (χ0) is 15.6. The molecule has 112 valence electrons. The summed E-state index contributed by atoms with van der Waals surface area (Å²) in [5.41, 5.74) is 0.473. The molecule has 1 unspecified atom stereocenters. The quantitative estimate of drug-likeness (QED) is 0.908. The van der Waals surface area contributed by atoms with Crippen molar-refractivity contribution in [2.45, 2.75) is 19.4 Å². The molecule has 0 saturated heterocycles. The van der Waals surface area contributed by atoms with Gasteiger partial charge in [-0.3, -0.25) is 9.48 Å². The van der Waals surface area contributed by atoms with Crippen LogP contribution in [0.4, 0.5) is 0 Å². The number of aryl methyl sites for hydroxylation is 2. The van der Waals surface area contributed by atoms with Gasteiger partial charge in [-0.2, -0.15) is 5.10 Å². The van der Waals surface area contributed by atoms with Crippen molar-refractivity contribution in [2.75, 3.05) is 6.54 Å². The number of rotatable bonds is 4. The molecular formula is C15H18ClN3O2. The van der Waals surface area contributed by atoms with E-state index in [2.05, 4.69) is 10.4 Å². The topological polar surface area (TPSA) is 67.2 Å². The monoisotopic (exact) mass is 307 g/mol. The Morgan fingerprint density at radius 1 is 1.43 bits per heavy atom. The summed E-state index contributed by atoms with van der Waals surface area (Å²) in [5.74, 6) is -0.346. The number of aromatic nitrogens is 2. The lowest BCUT2D eigenvalue weighted by molar-refractivity contribution is 0.0526. The maximum atomic E-state index is 12.2. The summed E-state index contributed by atoms with van der Waals surface area (Å²) in [5, 5.41) is 17.5. The van der Waals surface area contributed by atoms with Crippen LogP contribution in [0.3, 0.4) is 0 Å². The van der Waals surface area contributed by atoms with Gasteiger partial charge in [-0.25, -0.2) is 0 Å². The van der Waals surface area contributed by atoms with Gasteiger partial charge in [0.1, 0.15) is 10.8 Å². The van der Waals surface area contributed by atoms with Crippen LogP contribution < -0.4 is 5.32 Å². The van der Waals surface area contributed by atoms with E-state index in [-0.39, 0.29) is 17.6 Å². The number of amides is 1. The average molecular weight is 308 g/mol. The van der Waals surface area contributed by atoms with Gasteiger partial charge >= 0.3 is 0 Å². The fourth-order valence-corrected chi connectivity index (χ4v) is 2.39. The highest BCUT2D eigenvalue weighted by atomic mass is 35.5. The van der Waals surface area contributed by atoms with Crippen molar-refractivity contribution in [2.24, 2.45) is 7.05 Å². The molecule has 0 fully saturated rings. The molecule has 21 heavy (non-hydrogen) atoms. The van der Waals surface area contributed by atoms with Crippen LogP contribution in [-0.2, 0) is 12.6 Å². The highest BCUT2D eigenvalue weighted by Crippen LogP contribution is 2.21. The standard InChI is InChI=1S/C15H18ClN3O2/c1-10-12(13(16)19(3)18-10)14(20)17-9-15(2,21)11-7-5-4-6-8-11/h4-8,21H,9H2,1-3H3,(H,17,20). The van der Waals surface area contributed by atoms with Gasteiger partial charge in [0.15, 0.2) is 0 Å². The van der Waals surface area contributed by atoms with Crippen LogP contribution in [-0.4, -0.2) is 27.3 Å². The smallest absolute Gasteiger partial charge is 0.256 e. The Balaban J connectivity index is 2.11. The fraction of sp³-hybridized carbons (Fsp3) is 0.333. The summed E-state index contributed by atoms with van der Waals surface area (Å²) in [6.07, 6.45) is 0. The molecule has 2 aromatic rings. The minimum Gasteiger partial charge on any atom is -0.384 e. The molecule has 0 saturated carbocycles. The number of nitrogens with zero attached hydrogens (tertiary/aromatic N) is 2. The molecule has 0 spiro atoms. The van der Waals surface area contributed by atoms with Crippen LogP contribution in [0.25, 0.3) is 0 Å². The third kappa shape index (κ3) is 3.25. The van der Waals surface area contributed by atoms with Crippen molar-refractivity contribution in [3.8, 4) is 0 Å². The first kappa shape index (κ1) is 15.5. The minimum atomic E-state index is -1.15. The number of halogens is 1. The molecule has 2 rings (SSSR count). The first-order valence-corrected chi connectivity index (χ1v) is 6.96. The molecule has 0 radical (unpaired) electrons. The predicted molar refractivity (Wildman–Crippen MR) is 81.3 cm³/mol. The minimum absolute atomic E-state index is 0.0838. The molecule has 0 aliphatic carbocycles. The van der Waals surface area contributed by atoms with Crippen molar-refractivity contribution in [3.63, 3.8) is 0 Å². The van der Waals surface area contributed by atoms with Crippen molar-refractivity contribution in [1.82, 2.24) is 15.1 Å². The normalized spacial score (nSPS) is 13.8. The van der Waals surface area contributed by atoms with Crippen LogP contribution in [0.1, 0.15) is 28.5 Å². The number of hydrogen-bond donors (Lipinski definition) is 2. The molecule has 0 aliphatic heterocycles. The highest BCUT2D eigenvalue weighted by Gasteiger charge is 2.25. The Hall–Kier alpha value is -1.85. The number of carbonyl (C=O) groups excluding carboxylic acids is 1. The van der Waals surface area contributed by atoms with Crippen LogP contribution >= 0.6 is 11.6 Å². The molecule has 1 aromatic heterocycles. The first-order valence-electron chi connectivity index (χ1n) is 6.58. The largest absolute Gasteiger partial charge is 0.384 e. The van der Waals surface area contributed by atoms with Crippen molar-refractivity contribution in [1.29, 1.82) is 0 Å². The molecule has 6 heteroatoms. The van der Waals surface area contributed by atoms with E-state index in [0.717, 1.165) is 5.56 Å². The number of benzene rings is 1. The van der Waals surface area contributed by atoms with E-state index < -0.39 is 5.60 Å². The maximum absolute atomic E-state index is 12.2. The SMILES string of the molecule is Cc1nn(C)c(Cl)c1C(=O)NCC(C)(O)c1ccccc1. The van der Waals surface area contributed by atoms with E-state index in [1.807, 2.05) is 30.3 Å². The van der Waals surface area contributed by atoms with E-state index in [0.29, 0.717) is 11.3 Å². The van der Waals surface area contributed by atoms with Gasteiger partial charge in [0.2, 0.25) is 0 Å². The van der Waals surface area contributed by atoms with Gasteiger partial charge < -0.3 is 10.4 Å². The van der Waals surface area contributed by atoms with E-state index in [1.165, 1.54) is 4.68 Å². The van der Waals surface area contributed by atoms with Crippen LogP contribution in [0.15, 0.2) is 30.3 Å². The molecule has 1 amide bonds. The molecule has 0 aliphatic rings. The summed E-state index contributed by atoms with van der Waals surface area (Å²) in [6, 6.07) is 9.18. The number of carbonyl (C=O) groups is 1. The lowest BCUT2D eigenvalue weighted by Gasteiger charge is -2.24. The molecule has 2 N–H and O–H groups in total. The van der Waals surface area contributed by atoms with E-state index in [4.69, 9.17) is 11.6 Å². The van der Waals surface area contributed by atoms with Gasteiger partial charge in [0.05, 0.1) is 17.8 Å². The van der Waals surface area contributed by atoms with E-state index in [1.54, 1.807) is 20.9 Å². The van der Waals surface area contributed by atoms with Crippen LogP contribution in [0, 0.1) is 6.92 Å². The van der Waals surface area contributed by atoms with Crippen LogP contribution in [0.2, 0.25) is 5.15 Å². The number of nitrogens with one attached hydrogen (secondary N) is 1. The third-order valence-electron chi connectivity index (χ3n) is 3.37. The number of hydrogen-bond acceptors (Lipinski definition) is 3. The zero-order valence-corrected chi connectivity index (χ0v) is 13.0. The van der Waals surface area contributed by atoms with Crippen molar-refractivity contribution >= 4 is 17.5 Å². The van der Waals surface area contributed by atoms with Gasteiger partial charge in [-0.15, -0.1) is 0 Å². The summed E-state index contributed by atoms with van der Waals surface area (Å²) in [4.78, 5) is 12.2. The van der Waals surface area contributed by atoms with Gasteiger partial charge in [-0.1, -0.05) is 41.9 Å². The Labute approximate surface area is 128 Å². The van der Waals surface area contributed by atoms with Gasteiger partial charge in [0, 0.05) is 7.05 Å². The van der Waals surface area contributed by atoms with Crippen molar-refractivity contribution < 1.29 is 9.90 Å².